The minimum atomic E-state index is -1.21. The fourth-order valence-electron chi connectivity index (χ4n) is 5.25. The van der Waals surface area contributed by atoms with Crippen LogP contribution in [0.1, 0.15) is 43.2 Å². The molecule has 2 heterocycles. The third-order valence-corrected chi connectivity index (χ3v) is 8.29. The zero-order valence-electron chi connectivity index (χ0n) is 28.9. The van der Waals surface area contributed by atoms with Gasteiger partial charge < -0.3 is 40.5 Å². The monoisotopic (exact) mass is 716 g/mol. The summed E-state index contributed by atoms with van der Waals surface area (Å²) < 4.78 is 10.8. The Balaban J connectivity index is 1.51. The molecule has 2 aromatic carbocycles. The molecule has 8 N–H and O–H groups in total. The van der Waals surface area contributed by atoms with E-state index in [0.717, 1.165) is 22.3 Å². The number of ether oxygens (including phenoxy) is 2. The molecule has 2 unspecified atom stereocenters. The van der Waals surface area contributed by atoms with Crippen molar-refractivity contribution >= 4 is 35.1 Å². The molecule has 0 fully saturated rings. The molecule has 2 amide bonds. The number of pyridine rings is 2. The Bertz CT molecular complexity index is 1810. The highest BCUT2D eigenvalue weighted by molar-refractivity contribution is 6.05. The quantitative estimate of drug-likeness (QED) is 0.0783. The van der Waals surface area contributed by atoms with E-state index >= 15 is 0 Å². The van der Waals surface area contributed by atoms with Crippen molar-refractivity contribution in [3.05, 3.63) is 94.6 Å². The topological polar surface area (TPSA) is 242 Å². The fourth-order valence-corrected chi connectivity index (χ4v) is 5.25. The highest BCUT2D eigenvalue weighted by Crippen LogP contribution is 2.34. The van der Waals surface area contributed by atoms with Gasteiger partial charge >= 0.3 is 11.9 Å². The molecule has 0 aliphatic rings. The smallest absolute Gasteiger partial charge is 0.323 e. The summed E-state index contributed by atoms with van der Waals surface area (Å²) in [5.74, 6) is -2.81. The summed E-state index contributed by atoms with van der Waals surface area (Å²) >= 11 is 0. The van der Waals surface area contributed by atoms with E-state index in [1.807, 2.05) is 26.0 Å². The number of hydrogen-bond donors (Lipinski definition) is 8. The van der Waals surface area contributed by atoms with Crippen LogP contribution >= 0.6 is 0 Å². The third kappa shape index (κ3) is 9.23. The van der Waals surface area contributed by atoms with Gasteiger partial charge in [-0.05, 0) is 48.2 Å². The zero-order chi connectivity index (χ0) is 37.9. The third-order valence-electron chi connectivity index (χ3n) is 8.29. The Kier molecular flexibility index (Phi) is 13.3. The minimum Gasteiger partial charge on any atom is -0.496 e. The van der Waals surface area contributed by atoms with Gasteiger partial charge in [0.2, 0.25) is 0 Å². The number of carboxylic acid groups (broad SMARTS) is 2. The van der Waals surface area contributed by atoms with Crippen LogP contribution in [0.15, 0.2) is 60.9 Å². The molecule has 4 aromatic rings. The molecule has 2 aromatic heterocycles. The van der Waals surface area contributed by atoms with E-state index < -0.39 is 49.1 Å². The summed E-state index contributed by atoms with van der Waals surface area (Å²) in [6.45, 7) is 2.57. The van der Waals surface area contributed by atoms with Crippen molar-refractivity contribution in [3.63, 3.8) is 0 Å². The standard InChI is InChI=1S/C36H40N6O10/c1-19-23(7-5-9-25(19)41-33(45)27-11-31(51-3)21(13-37-27)15-39-29(17-43)35(47)48)24-8-6-10-26(20(24)2)42-34(46)28-12-32(52-4)22(14-38-28)16-40-30(18-44)36(49)50/h5-14,29-30,39-40,43-44H,15-18H2,1-4H3,(H,41,45)(H,42,46)(H,47,48)(H,49,50). The summed E-state index contributed by atoms with van der Waals surface area (Å²) in [5.41, 5.74) is 5.26. The summed E-state index contributed by atoms with van der Waals surface area (Å²) in [5, 5.41) is 48.0. The lowest BCUT2D eigenvalue weighted by Gasteiger charge is -2.17. The van der Waals surface area contributed by atoms with E-state index in [0.29, 0.717) is 34.0 Å². The van der Waals surface area contributed by atoms with Gasteiger partial charge in [-0.25, -0.2) is 0 Å². The molecule has 0 aliphatic heterocycles. The number of amides is 2. The normalized spacial score (nSPS) is 12.0. The number of methoxy groups -OCH3 is 2. The molecule has 0 radical (unpaired) electrons. The molecule has 0 spiro atoms. The van der Waals surface area contributed by atoms with Gasteiger partial charge in [0.1, 0.15) is 35.0 Å². The molecule has 274 valence electrons. The number of aliphatic carboxylic acids is 2. The number of carbonyl (C=O) groups is 4. The minimum absolute atomic E-state index is 0.0347. The van der Waals surface area contributed by atoms with Crippen molar-refractivity contribution in [1.82, 2.24) is 20.6 Å². The largest absolute Gasteiger partial charge is 0.496 e. The van der Waals surface area contributed by atoms with E-state index in [2.05, 4.69) is 31.2 Å². The highest BCUT2D eigenvalue weighted by Gasteiger charge is 2.21. The van der Waals surface area contributed by atoms with Crippen LogP contribution in [0.3, 0.4) is 0 Å². The van der Waals surface area contributed by atoms with Crippen LogP contribution < -0.4 is 30.7 Å². The fraction of sp³-hybridized carbons (Fsp3) is 0.278. The molecular formula is C36H40N6O10. The number of aliphatic hydroxyl groups excluding tert-OH is 2. The molecule has 0 saturated heterocycles. The summed E-state index contributed by atoms with van der Waals surface area (Å²) in [6.07, 6.45) is 2.80. The second-order valence-corrected chi connectivity index (χ2v) is 11.5. The summed E-state index contributed by atoms with van der Waals surface area (Å²) in [4.78, 5) is 57.5. The second-order valence-electron chi connectivity index (χ2n) is 11.5. The van der Waals surface area contributed by atoms with Crippen molar-refractivity contribution in [2.45, 2.75) is 39.0 Å². The first-order chi connectivity index (χ1) is 24.9. The highest BCUT2D eigenvalue weighted by atomic mass is 16.5. The molecule has 4 rings (SSSR count). The average Bonchev–Trinajstić information content (AvgIpc) is 3.13. The molecule has 0 saturated carbocycles. The van der Waals surface area contributed by atoms with Crippen LogP contribution in [-0.4, -0.2) is 93.7 Å². The summed E-state index contributed by atoms with van der Waals surface area (Å²) in [7, 11) is 2.83. The van der Waals surface area contributed by atoms with Crippen molar-refractivity contribution in [2.75, 3.05) is 38.1 Å². The first-order valence-corrected chi connectivity index (χ1v) is 15.9. The van der Waals surface area contributed by atoms with Crippen molar-refractivity contribution < 1.29 is 49.1 Å². The van der Waals surface area contributed by atoms with Crippen LogP contribution in [0.4, 0.5) is 11.4 Å². The number of benzene rings is 2. The lowest BCUT2D eigenvalue weighted by molar-refractivity contribution is -0.141. The molecule has 0 bridgehead atoms. The van der Waals surface area contributed by atoms with Gasteiger partial charge in [0.15, 0.2) is 0 Å². The maximum atomic E-state index is 13.3. The molecule has 16 nitrogen and oxygen atoms in total. The number of nitrogens with one attached hydrogen (secondary N) is 4. The van der Waals surface area contributed by atoms with Crippen LogP contribution in [0.5, 0.6) is 11.5 Å². The number of anilines is 2. The SMILES string of the molecule is COc1cc(C(=O)Nc2cccc(-c3cccc(NC(=O)c4cc(OC)c(CNC(CO)C(=O)O)cn4)c3C)c2C)ncc1CNC(CO)C(=O)O. The number of aliphatic hydroxyl groups is 2. The Morgan fingerprint density at radius 1 is 0.673 bits per heavy atom. The van der Waals surface area contributed by atoms with Crippen molar-refractivity contribution in [3.8, 4) is 22.6 Å². The molecule has 0 aliphatic carbocycles. The zero-order valence-corrected chi connectivity index (χ0v) is 28.9. The Morgan fingerprint density at radius 2 is 1.06 bits per heavy atom. The average molecular weight is 717 g/mol. The van der Waals surface area contributed by atoms with Gasteiger partial charge in [0.05, 0.1) is 27.4 Å². The number of aromatic nitrogens is 2. The Hall–Kier alpha value is -5.94. The Morgan fingerprint density at radius 3 is 1.38 bits per heavy atom. The number of hydrogen-bond acceptors (Lipinski definition) is 12. The van der Waals surface area contributed by atoms with Crippen LogP contribution in [0, 0.1) is 13.8 Å². The maximum absolute atomic E-state index is 13.3. The van der Waals surface area contributed by atoms with E-state index in [9.17, 15) is 29.4 Å². The Labute approximate surface area is 298 Å². The first kappa shape index (κ1) is 38.9. The van der Waals surface area contributed by atoms with E-state index in [1.165, 1.54) is 38.7 Å². The van der Waals surface area contributed by atoms with Crippen molar-refractivity contribution in [2.24, 2.45) is 0 Å². The van der Waals surface area contributed by atoms with Crippen LogP contribution in [0.2, 0.25) is 0 Å². The van der Waals surface area contributed by atoms with Gasteiger partial charge in [-0.1, -0.05) is 24.3 Å². The molecule has 16 heteroatoms. The second kappa shape index (κ2) is 17.8. The lowest BCUT2D eigenvalue weighted by Crippen LogP contribution is -2.39. The molecule has 52 heavy (non-hydrogen) atoms. The number of rotatable bonds is 17. The molecular weight excluding hydrogens is 676 g/mol. The number of carbonyl (C=O) groups excluding carboxylic acids is 2. The van der Waals surface area contributed by atoms with E-state index in [4.69, 9.17) is 19.7 Å². The number of nitrogens with zero attached hydrogens (tertiary/aromatic N) is 2. The predicted molar refractivity (Wildman–Crippen MR) is 190 cm³/mol. The van der Waals surface area contributed by atoms with Crippen molar-refractivity contribution in [1.29, 1.82) is 0 Å². The first-order valence-electron chi connectivity index (χ1n) is 15.9. The number of carboxylic acids is 2. The predicted octanol–water partition coefficient (Wildman–Crippen LogP) is 2.35. The van der Waals surface area contributed by atoms with Gasteiger partial charge in [-0.15, -0.1) is 0 Å². The van der Waals surface area contributed by atoms with Crippen LogP contribution in [0.25, 0.3) is 11.1 Å². The van der Waals surface area contributed by atoms with Crippen LogP contribution in [-0.2, 0) is 22.7 Å². The lowest BCUT2D eigenvalue weighted by atomic mass is 9.94. The summed E-state index contributed by atoms with van der Waals surface area (Å²) in [6, 6.07) is 11.4. The molecule has 2 atom stereocenters. The maximum Gasteiger partial charge on any atom is 0.323 e. The van der Waals surface area contributed by atoms with Gasteiger partial charge in [0, 0.05) is 60.1 Å². The van der Waals surface area contributed by atoms with Gasteiger partial charge in [-0.2, -0.15) is 0 Å². The van der Waals surface area contributed by atoms with E-state index in [1.54, 1.807) is 24.3 Å². The van der Waals surface area contributed by atoms with E-state index in [-0.39, 0.29) is 24.5 Å². The van der Waals surface area contributed by atoms with Gasteiger partial charge in [-0.3, -0.25) is 39.8 Å². The van der Waals surface area contributed by atoms with Gasteiger partial charge in [0.25, 0.3) is 11.8 Å².